The lowest BCUT2D eigenvalue weighted by atomic mass is 10.0. The van der Waals surface area contributed by atoms with Crippen molar-refractivity contribution < 1.29 is 32.9 Å². The molecule has 0 saturated heterocycles. The Bertz CT molecular complexity index is 1280. The number of aliphatic hydroxyl groups is 1. The van der Waals surface area contributed by atoms with Crippen LogP contribution in [0.25, 0.3) is 0 Å². The number of nitrogens with zero attached hydrogens (tertiary/aromatic N) is 1. The van der Waals surface area contributed by atoms with E-state index in [1.54, 1.807) is 6.08 Å². The molecule has 0 bridgehead atoms. The van der Waals surface area contributed by atoms with Crippen LogP contribution >= 0.6 is 7.82 Å². The van der Waals surface area contributed by atoms with Crippen molar-refractivity contribution in [3.63, 3.8) is 0 Å². The zero-order valence-corrected chi connectivity index (χ0v) is 47.9. The van der Waals surface area contributed by atoms with Crippen molar-refractivity contribution in [2.75, 3.05) is 40.9 Å². The standard InChI is InChI=1S/C61H117N2O6P/c1-6-8-10-12-14-16-17-18-19-20-21-22-23-24-25-26-27-28-29-30-31-32-33-34-35-36-37-38-39-40-41-42-43-44-45-47-49-51-53-55-61(65)62-59(58-69-70(66,67)68-57-56-63(3,4)5)60(64)54-52-50-48-46-15-13-11-9-7-2/h17-18,20-21,23-24,52,54,59-60,64H,6-16,19,22,25-51,53,55-58H2,1-5H3,(H-,62,65,66,67)/b18-17-,21-20-,24-23-,54-52+. The normalized spacial score (nSPS) is 14.2. The summed E-state index contributed by atoms with van der Waals surface area (Å²) in [6.07, 6.45) is 69.5. The van der Waals surface area contributed by atoms with Crippen LogP contribution in [0.15, 0.2) is 48.6 Å². The smallest absolute Gasteiger partial charge is 0.268 e. The van der Waals surface area contributed by atoms with E-state index < -0.39 is 20.0 Å². The number of amides is 1. The van der Waals surface area contributed by atoms with Gasteiger partial charge in [-0.1, -0.05) is 268 Å². The minimum absolute atomic E-state index is 0.0000712. The average Bonchev–Trinajstić information content (AvgIpc) is 3.32. The third-order valence-corrected chi connectivity index (χ3v) is 14.5. The van der Waals surface area contributed by atoms with Crippen molar-refractivity contribution in [3.05, 3.63) is 48.6 Å². The van der Waals surface area contributed by atoms with Crippen LogP contribution in [-0.2, 0) is 18.4 Å². The first-order valence-corrected chi connectivity index (χ1v) is 31.5. The summed E-state index contributed by atoms with van der Waals surface area (Å²) >= 11 is 0. The number of quaternary nitrogens is 1. The minimum atomic E-state index is -4.58. The van der Waals surface area contributed by atoms with Gasteiger partial charge in [-0.25, -0.2) is 0 Å². The van der Waals surface area contributed by atoms with E-state index in [9.17, 15) is 19.4 Å². The van der Waals surface area contributed by atoms with E-state index in [0.717, 1.165) is 51.4 Å². The summed E-state index contributed by atoms with van der Waals surface area (Å²) in [7, 11) is 1.27. The highest BCUT2D eigenvalue weighted by Crippen LogP contribution is 2.38. The van der Waals surface area contributed by atoms with Crippen molar-refractivity contribution in [3.8, 4) is 0 Å². The van der Waals surface area contributed by atoms with Gasteiger partial charge in [-0.2, -0.15) is 0 Å². The van der Waals surface area contributed by atoms with Crippen LogP contribution in [0, 0.1) is 0 Å². The second kappa shape index (κ2) is 52.3. The van der Waals surface area contributed by atoms with E-state index in [0.29, 0.717) is 17.4 Å². The summed E-state index contributed by atoms with van der Waals surface area (Å²) in [5.74, 6) is -0.196. The second-order valence-corrected chi connectivity index (χ2v) is 23.1. The van der Waals surface area contributed by atoms with Crippen molar-refractivity contribution >= 4 is 13.7 Å². The lowest BCUT2D eigenvalue weighted by Crippen LogP contribution is -2.45. The van der Waals surface area contributed by atoms with E-state index in [-0.39, 0.29) is 19.1 Å². The molecule has 0 aliphatic carbocycles. The van der Waals surface area contributed by atoms with Gasteiger partial charge in [0.05, 0.1) is 39.9 Å². The Hall–Kier alpha value is -1.54. The first-order valence-electron chi connectivity index (χ1n) is 30.0. The molecule has 0 radical (unpaired) electrons. The highest BCUT2D eigenvalue weighted by atomic mass is 31.2. The highest BCUT2D eigenvalue weighted by molar-refractivity contribution is 7.45. The third-order valence-electron chi connectivity index (χ3n) is 13.5. The summed E-state index contributed by atoms with van der Waals surface area (Å²) in [4.78, 5) is 25.4. The van der Waals surface area contributed by atoms with Crippen LogP contribution in [-0.4, -0.2) is 68.5 Å². The topological polar surface area (TPSA) is 108 Å². The van der Waals surface area contributed by atoms with E-state index in [4.69, 9.17) is 9.05 Å². The number of aliphatic hydroxyl groups excluding tert-OH is 1. The third kappa shape index (κ3) is 54.2. The maximum absolute atomic E-state index is 12.9. The number of hydrogen-bond acceptors (Lipinski definition) is 6. The number of rotatable bonds is 55. The fourth-order valence-electron chi connectivity index (χ4n) is 8.81. The van der Waals surface area contributed by atoms with Crippen LogP contribution in [0.5, 0.6) is 0 Å². The number of carbonyl (C=O) groups is 1. The van der Waals surface area contributed by atoms with Crippen molar-refractivity contribution in [1.29, 1.82) is 0 Å². The Balaban J connectivity index is 3.80. The van der Waals surface area contributed by atoms with Gasteiger partial charge in [-0.15, -0.1) is 0 Å². The largest absolute Gasteiger partial charge is 0.756 e. The van der Waals surface area contributed by atoms with Crippen molar-refractivity contribution in [2.24, 2.45) is 0 Å². The number of phosphoric acid groups is 1. The number of carbonyl (C=O) groups excluding carboxylic acids is 1. The first-order chi connectivity index (χ1) is 34.0. The SMILES string of the molecule is CCCCCCC/C=C\C/C=C\C/C=C\CCCCCCCCCCCCCCCCCCCCCCCCCCC(=O)NC(COP(=O)([O-])OCC[N+](C)(C)C)C(O)/C=C/CCCCCCCCC. The molecule has 0 aliphatic heterocycles. The Kier molecular flexibility index (Phi) is 51.2. The number of hydrogen-bond donors (Lipinski definition) is 2. The van der Waals surface area contributed by atoms with Gasteiger partial charge in [0.15, 0.2) is 0 Å². The van der Waals surface area contributed by atoms with Gasteiger partial charge >= 0.3 is 0 Å². The summed E-state index contributed by atoms with van der Waals surface area (Å²) in [6, 6.07) is -0.883. The number of nitrogens with one attached hydrogen (secondary N) is 1. The number of phosphoric ester groups is 1. The second-order valence-electron chi connectivity index (χ2n) is 21.7. The summed E-state index contributed by atoms with van der Waals surface area (Å²) in [5, 5.41) is 13.8. The Morgan fingerprint density at radius 1 is 0.500 bits per heavy atom. The Morgan fingerprint density at radius 3 is 1.20 bits per heavy atom. The molecule has 3 unspecified atom stereocenters. The number of unbranched alkanes of at least 4 members (excludes halogenated alkanes) is 36. The molecule has 0 aliphatic rings. The van der Waals surface area contributed by atoms with E-state index in [2.05, 4.69) is 55.6 Å². The van der Waals surface area contributed by atoms with Gasteiger partial charge in [-0.3, -0.25) is 9.36 Å². The fraction of sp³-hybridized carbons (Fsp3) is 0.852. The predicted molar refractivity (Wildman–Crippen MR) is 302 cm³/mol. The zero-order chi connectivity index (χ0) is 51.3. The molecule has 0 spiro atoms. The van der Waals surface area contributed by atoms with E-state index in [1.807, 2.05) is 27.2 Å². The average molecular weight is 1010 g/mol. The van der Waals surface area contributed by atoms with Gasteiger partial charge < -0.3 is 28.8 Å². The molecule has 2 N–H and O–H groups in total. The maximum atomic E-state index is 12.9. The Labute approximate surface area is 435 Å². The molecular formula is C61H117N2O6P. The highest BCUT2D eigenvalue weighted by Gasteiger charge is 2.23. The lowest BCUT2D eigenvalue weighted by molar-refractivity contribution is -0.870. The van der Waals surface area contributed by atoms with Gasteiger partial charge in [-0.05, 0) is 57.8 Å². The molecule has 3 atom stereocenters. The van der Waals surface area contributed by atoms with Gasteiger partial charge in [0.1, 0.15) is 13.2 Å². The predicted octanol–water partition coefficient (Wildman–Crippen LogP) is 17.7. The van der Waals surface area contributed by atoms with Gasteiger partial charge in [0.2, 0.25) is 5.91 Å². The molecule has 1 amide bonds. The molecule has 0 fully saturated rings. The molecule has 8 nitrogen and oxygen atoms in total. The molecular weight excluding hydrogens is 888 g/mol. The lowest BCUT2D eigenvalue weighted by Gasteiger charge is -2.29. The molecule has 0 aromatic rings. The molecule has 0 aromatic heterocycles. The van der Waals surface area contributed by atoms with E-state index >= 15 is 0 Å². The van der Waals surface area contributed by atoms with Crippen molar-refractivity contribution in [2.45, 2.75) is 296 Å². The van der Waals surface area contributed by atoms with Crippen LogP contribution in [0.3, 0.4) is 0 Å². The fourth-order valence-corrected chi connectivity index (χ4v) is 9.53. The number of allylic oxidation sites excluding steroid dienone is 7. The molecule has 412 valence electrons. The van der Waals surface area contributed by atoms with Gasteiger partial charge in [0, 0.05) is 6.42 Å². The summed E-state index contributed by atoms with van der Waals surface area (Å²) in [5.41, 5.74) is 0. The monoisotopic (exact) mass is 1000 g/mol. The molecule has 0 aromatic carbocycles. The van der Waals surface area contributed by atoms with E-state index in [1.165, 1.54) is 212 Å². The van der Waals surface area contributed by atoms with Crippen LogP contribution in [0.2, 0.25) is 0 Å². The molecule has 70 heavy (non-hydrogen) atoms. The van der Waals surface area contributed by atoms with Crippen LogP contribution in [0.4, 0.5) is 0 Å². The first kappa shape index (κ1) is 68.5. The summed E-state index contributed by atoms with van der Waals surface area (Å²) in [6.45, 7) is 4.62. The van der Waals surface area contributed by atoms with Crippen LogP contribution in [0.1, 0.15) is 284 Å². The van der Waals surface area contributed by atoms with Crippen molar-refractivity contribution in [1.82, 2.24) is 5.32 Å². The van der Waals surface area contributed by atoms with Crippen LogP contribution < -0.4 is 10.2 Å². The minimum Gasteiger partial charge on any atom is -0.756 e. The summed E-state index contributed by atoms with van der Waals surface area (Å²) < 4.78 is 23.2. The quantitative estimate of drug-likeness (QED) is 0.0272. The molecule has 0 saturated carbocycles. The molecule has 0 rings (SSSR count). The zero-order valence-electron chi connectivity index (χ0n) is 47.0. The molecule has 0 heterocycles. The Morgan fingerprint density at radius 2 is 0.829 bits per heavy atom. The number of likely N-dealkylation sites (N-methyl/N-ethyl adjacent to an activating group) is 1. The maximum Gasteiger partial charge on any atom is 0.268 e. The van der Waals surface area contributed by atoms with Gasteiger partial charge in [0.25, 0.3) is 7.82 Å². The molecule has 9 heteroatoms.